The van der Waals surface area contributed by atoms with Crippen LogP contribution in [0.4, 0.5) is 0 Å². The molecule has 2 heterocycles. The molecule has 2 saturated heterocycles. The van der Waals surface area contributed by atoms with Gasteiger partial charge < -0.3 is 18.9 Å². The quantitative estimate of drug-likeness (QED) is 0.756. The van der Waals surface area contributed by atoms with Gasteiger partial charge in [-0.15, -0.1) is 0 Å². The molecule has 0 spiro atoms. The minimum atomic E-state index is -3.99. The van der Waals surface area contributed by atoms with Gasteiger partial charge in [-0.3, -0.25) is 4.18 Å². The summed E-state index contributed by atoms with van der Waals surface area (Å²) in [6.45, 7) is 5.65. The van der Waals surface area contributed by atoms with Crippen LogP contribution in [0.15, 0.2) is 29.2 Å². The van der Waals surface area contributed by atoms with Crippen LogP contribution >= 0.6 is 0 Å². The molecule has 2 aliphatic heterocycles. The maximum absolute atomic E-state index is 12.6. The zero-order valence-electron chi connectivity index (χ0n) is 14.1. The summed E-state index contributed by atoms with van der Waals surface area (Å²) in [5.74, 6) is -0.837. The second-order valence-corrected chi connectivity index (χ2v) is 7.98. The lowest BCUT2D eigenvalue weighted by Gasteiger charge is -2.35. The maximum Gasteiger partial charge on any atom is 0.297 e. The molecule has 0 aromatic heterocycles. The van der Waals surface area contributed by atoms with Crippen molar-refractivity contribution in [2.45, 2.75) is 56.1 Å². The van der Waals surface area contributed by atoms with Crippen molar-refractivity contribution in [2.75, 3.05) is 13.7 Å². The molecule has 0 bridgehead atoms. The maximum atomic E-state index is 12.6. The molecule has 24 heavy (non-hydrogen) atoms. The Kier molecular flexibility index (Phi) is 4.71. The fourth-order valence-electron chi connectivity index (χ4n) is 2.92. The summed E-state index contributed by atoms with van der Waals surface area (Å²) in [4.78, 5) is 0.0725. The summed E-state index contributed by atoms with van der Waals surface area (Å²) in [7, 11) is -2.56. The lowest BCUT2D eigenvalue weighted by molar-refractivity contribution is -0.233. The molecule has 7 nitrogen and oxygen atoms in total. The molecule has 1 aromatic rings. The molecule has 0 N–H and O–H groups in total. The molecule has 0 unspecified atom stereocenters. The highest BCUT2D eigenvalue weighted by Crippen LogP contribution is 2.37. The number of benzene rings is 1. The van der Waals surface area contributed by atoms with Crippen LogP contribution in [0.5, 0.6) is 0 Å². The monoisotopic (exact) mass is 358 g/mol. The van der Waals surface area contributed by atoms with E-state index in [2.05, 4.69) is 0 Å². The Hall–Kier alpha value is -1.03. The van der Waals surface area contributed by atoms with Crippen LogP contribution in [-0.4, -0.2) is 52.5 Å². The number of rotatable bonds is 4. The van der Waals surface area contributed by atoms with Gasteiger partial charge in [0.1, 0.15) is 12.2 Å². The minimum absolute atomic E-state index is 0.0725. The van der Waals surface area contributed by atoms with Crippen molar-refractivity contribution in [3.05, 3.63) is 29.8 Å². The van der Waals surface area contributed by atoms with Gasteiger partial charge in [-0.2, -0.15) is 8.42 Å². The molecule has 8 heteroatoms. The number of hydrogen-bond donors (Lipinski definition) is 0. The van der Waals surface area contributed by atoms with E-state index in [-0.39, 0.29) is 11.5 Å². The molecule has 0 aliphatic carbocycles. The van der Waals surface area contributed by atoms with Crippen molar-refractivity contribution in [1.82, 2.24) is 0 Å². The molecular weight excluding hydrogens is 336 g/mol. The number of fused-ring (bicyclic) bond motifs is 1. The summed E-state index contributed by atoms with van der Waals surface area (Å²) in [5.41, 5.74) is 0.957. The van der Waals surface area contributed by atoms with Gasteiger partial charge in [0.25, 0.3) is 10.1 Å². The average Bonchev–Trinajstić information content (AvgIpc) is 2.82. The Bertz CT molecular complexity index is 683. The Balaban J connectivity index is 1.86. The first kappa shape index (κ1) is 17.8. The van der Waals surface area contributed by atoms with Gasteiger partial charge in [-0.1, -0.05) is 17.7 Å². The van der Waals surface area contributed by atoms with Crippen LogP contribution < -0.4 is 0 Å². The van der Waals surface area contributed by atoms with Gasteiger partial charge in [0.05, 0.1) is 11.5 Å². The molecule has 134 valence electrons. The van der Waals surface area contributed by atoms with E-state index >= 15 is 0 Å². The Labute approximate surface area is 141 Å². The molecular formula is C16H22O7S. The van der Waals surface area contributed by atoms with Crippen molar-refractivity contribution in [1.29, 1.82) is 0 Å². The number of ether oxygens (including phenoxy) is 4. The van der Waals surface area contributed by atoms with Crippen molar-refractivity contribution in [3.8, 4) is 0 Å². The third-order valence-corrected chi connectivity index (χ3v) is 5.34. The third kappa shape index (κ3) is 3.49. The Morgan fingerprint density at radius 1 is 1.17 bits per heavy atom. The van der Waals surface area contributed by atoms with E-state index in [9.17, 15) is 8.42 Å². The zero-order valence-corrected chi connectivity index (χ0v) is 14.9. The fourth-order valence-corrected chi connectivity index (χ4v) is 3.99. The second kappa shape index (κ2) is 6.36. The normalized spacial score (nSPS) is 32.5. The van der Waals surface area contributed by atoms with Crippen LogP contribution in [0.3, 0.4) is 0 Å². The zero-order chi connectivity index (χ0) is 17.5. The predicted molar refractivity (Wildman–Crippen MR) is 83.8 cm³/mol. The van der Waals surface area contributed by atoms with Gasteiger partial charge in [0.2, 0.25) is 0 Å². The summed E-state index contributed by atoms with van der Waals surface area (Å²) in [6, 6.07) is 6.43. The third-order valence-electron chi connectivity index (χ3n) is 4.02. The minimum Gasteiger partial charge on any atom is -0.353 e. The first-order valence-corrected chi connectivity index (χ1v) is 9.13. The number of aryl methyl sites for hydroxylation is 1. The van der Waals surface area contributed by atoms with E-state index in [4.69, 9.17) is 23.1 Å². The van der Waals surface area contributed by atoms with Crippen molar-refractivity contribution in [2.24, 2.45) is 0 Å². The van der Waals surface area contributed by atoms with E-state index in [0.717, 1.165) is 5.56 Å². The van der Waals surface area contributed by atoms with E-state index in [0.29, 0.717) is 0 Å². The van der Waals surface area contributed by atoms with Gasteiger partial charge >= 0.3 is 0 Å². The number of methoxy groups -OCH3 is 1. The summed E-state index contributed by atoms with van der Waals surface area (Å²) >= 11 is 0. The van der Waals surface area contributed by atoms with E-state index in [1.165, 1.54) is 19.2 Å². The highest BCUT2D eigenvalue weighted by Gasteiger charge is 2.53. The largest absolute Gasteiger partial charge is 0.353 e. The fraction of sp³-hybridized carbons (Fsp3) is 0.625. The Morgan fingerprint density at radius 3 is 2.46 bits per heavy atom. The van der Waals surface area contributed by atoms with Crippen LogP contribution in [0, 0.1) is 6.92 Å². The first-order valence-electron chi connectivity index (χ1n) is 7.72. The van der Waals surface area contributed by atoms with Gasteiger partial charge in [0.15, 0.2) is 18.2 Å². The first-order chi connectivity index (χ1) is 11.2. The molecule has 1 aromatic carbocycles. The van der Waals surface area contributed by atoms with E-state index in [1.54, 1.807) is 26.0 Å². The summed E-state index contributed by atoms with van der Waals surface area (Å²) in [5, 5.41) is 0. The number of hydrogen-bond acceptors (Lipinski definition) is 7. The summed E-state index contributed by atoms with van der Waals surface area (Å²) in [6.07, 6.45) is -2.82. The standard InChI is InChI=1S/C16H22O7S/c1-10-5-7-11(8-6-10)24(17,18)23-14-13-12(9-20-15(14)19-4)21-16(2,3)22-13/h5-8,12-15H,9H2,1-4H3/t12-,13-,14+,15+/m1/s1. The SMILES string of the molecule is CO[C@H]1OC[C@H]2OC(C)(C)O[C@H]2[C@@H]1OS(=O)(=O)c1ccc(C)cc1. The van der Waals surface area contributed by atoms with Gasteiger partial charge in [-0.05, 0) is 32.9 Å². The Morgan fingerprint density at radius 2 is 1.83 bits per heavy atom. The van der Waals surface area contributed by atoms with Crippen molar-refractivity contribution >= 4 is 10.1 Å². The smallest absolute Gasteiger partial charge is 0.297 e. The lowest BCUT2D eigenvalue weighted by atomic mass is 10.1. The van der Waals surface area contributed by atoms with E-state index < -0.39 is 40.5 Å². The molecule has 0 saturated carbocycles. The molecule has 4 atom stereocenters. The van der Waals surface area contributed by atoms with Crippen LogP contribution in [-0.2, 0) is 33.2 Å². The molecule has 0 amide bonds. The van der Waals surface area contributed by atoms with Crippen LogP contribution in [0.2, 0.25) is 0 Å². The van der Waals surface area contributed by atoms with Crippen LogP contribution in [0.1, 0.15) is 19.4 Å². The highest BCUT2D eigenvalue weighted by atomic mass is 32.2. The highest BCUT2D eigenvalue weighted by molar-refractivity contribution is 7.86. The van der Waals surface area contributed by atoms with Crippen LogP contribution in [0.25, 0.3) is 0 Å². The van der Waals surface area contributed by atoms with E-state index in [1.807, 2.05) is 6.92 Å². The second-order valence-electron chi connectivity index (χ2n) is 6.40. The van der Waals surface area contributed by atoms with Crippen molar-refractivity contribution in [3.63, 3.8) is 0 Å². The molecule has 3 rings (SSSR count). The van der Waals surface area contributed by atoms with Gasteiger partial charge in [-0.25, -0.2) is 0 Å². The molecule has 2 aliphatic rings. The summed E-state index contributed by atoms with van der Waals surface area (Å²) < 4.78 is 52.9. The molecule has 0 radical (unpaired) electrons. The van der Waals surface area contributed by atoms with Crippen molar-refractivity contribution < 1.29 is 31.5 Å². The lowest BCUT2D eigenvalue weighted by Crippen LogP contribution is -2.54. The average molecular weight is 358 g/mol. The predicted octanol–water partition coefficient (Wildman–Crippen LogP) is 1.59. The van der Waals surface area contributed by atoms with Gasteiger partial charge in [0, 0.05) is 7.11 Å². The topological polar surface area (TPSA) is 80.3 Å². The molecule has 2 fully saturated rings.